The van der Waals surface area contributed by atoms with Crippen LogP contribution in [0.5, 0.6) is 0 Å². The number of carbonyl (C=O) groups excluding carboxylic acids is 8. The highest BCUT2D eigenvalue weighted by Gasteiger charge is 2.91. The van der Waals surface area contributed by atoms with Crippen LogP contribution in [-0.4, -0.2) is 124 Å². The molecular formula is C39H49NO18. The van der Waals surface area contributed by atoms with E-state index in [1.54, 1.807) is 6.92 Å². The maximum absolute atomic E-state index is 14.4. The largest absolute Gasteiger partial charge is 0.465 e. The number of hydrogen-bond donors (Lipinski definition) is 1. The molecule has 2 saturated carbocycles. The number of aromatic nitrogens is 1. The fourth-order valence-electron chi connectivity index (χ4n) is 9.48. The van der Waals surface area contributed by atoms with Crippen molar-refractivity contribution in [3.8, 4) is 0 Å². The first-order chi connectivity index (χ1) is 27.0. The number of fused-ring (bicyclic) bond motifs is 5. The Hall–Kier alpha value is -5.17. The van der Waals surface area contributed by atoms with Gasteiger partial charge < -0.3 is 47.7 Å². The molecule has 2 aliphatic heterocycles. The number of pyridine rings is 1. The summed E-state index contributed by atoms with van der Waals surface area (Å²) in [5.74, 6) is -11.3. The standard InChI is InChI=1S/C39H49NO18/c1-17-18(2)34(47)57-31-29(53-21(5)43)33(56-24(8)46)38(16-51-19(3)41)32(55-23(7)45)28(52-20(4)42)26-30(54-22(6)44)39(38,37(31,10)49)58-36(26,9)13-15-50-35(48)25-12-11-14-40-27(17)25/h11-12,14,17-18,26,28-33,49H,13,15-16H2,1-10H3/t17-,18+,26-,28+,29+,30-,31+,32+,33+,36-,37+,38-,39+/m1/s1. The van der Waals surface area contributed by atoms with Crippen molar-refractivity contribution in [3.63, 3.8) is 0 Å². The molecule has 2 aliphatic carbocycles. The number of aliphatic hydroxyl groups is 1. The normalized spacial score (nSPS) is 37.9. The second-order valence-electron chi connectivity index (χ2n) is 15.6. The molecule has 3 heterocycles. The molecule has 58 heavy (non-hydrogen) atoms. The Balaban J connectivity index is 1.99. The summed E-state index contributed by atoms with van der Waals surface area (Å²) in [6, 6.07) is 2.95. The molecule has 1 aromatic rings. The molecular weight excluding hydrogens is 770 g/mol. The number of cyclic esters (lactones) is 1. The minimum Gasteiger partial charge on any atom is -0.465 e. The van der Waals surface area contributed by atoms with Crippen LogP contribution in [0, 0.1) is 17.3 Å². The molecule has 1 aromatic heterocycles. The molecule has 0 amide bonds. The van der Waals surface area contributed by atoms with Gasteiger partial charge in [0.1, 0.15) is 29.8 Å². The minimum absolute atomic E-state index is 0.0173. The van der Waals surface area contributed by atoms with Crippen LogP contribution in [0.15, 0.2) is 18.3 Å². The summed E-state index contributed by atoms with van der Waals surface area (Å²) in [6.45, 7) is 10.2. The number of carbonyl (C=O) groups is 8. The lowest BCUT2D eigenvalue weighted by Gasteiger charge is -2.67. The lowest BCUT2D eigenvalue weighted by atomic mass is 9.45. The van der Waals surface area contributed by atoms with Crippen molar-refractivity contribution in [2.45, 2.75) is 135 Å². The highest BCUT2D eigenvalue weighted by atomic mass is 16.7. The Bertz CT molecular complexity index is 1880. The van der Waals surface area contributed by atoms with Gasteiger partial charge in [-0.3, -0.25) is 38.5 Å². The maximum atomic E-state index is 14.4. The van der Waals surface area contributed by atoms with Crippen molar-refractivity contribution < 1.29 is 86.1 Å². The summed E-state index contributed by atoms with van der Waals surface area (Å²) in [6.07, 6.45) is -10.6. The van der Waals surface area contributed by atoms with Gasteiger partial charge in [0.15, 0.2) is 30.0 Å². The smallest absolute Gasteiger partial charge is 0.340 e. The van der Waals surface area contributed by atoms with Crippen molar-refractivity contribution in [1.29, 1.82) is 0 Å². The lowest BCUT2D eigenvalue weighted by molar-refractivity contribution is -0.386. The van der Waals surface area contributed by atoms with E-state index in [0.29, 0.717) is 0 Å². The highest BCUT2D eigenvalue weighted by molar-refractivity contribution is 5.91. The quantitative estimate of drug-likeness (QED) is 0.302. The zero-order valence-electron chi connectivity index (χ0n) is 33.9. The maximum Gasteiger partial charge on any atom is 0.340 e. The Morgan fingerprint density at radius 3 is 1.86 bits per heavy atom. The van der Waals surface area contributed by atoms with Gasteiger partial charge in [0.05, 0.1) is 35.3 Å². The molecule has 5 rings (SSSR count). The van der Waals surface area contributed by atoms with Crippen LogP contribution in [0.25, 0.3) is 0 Å². The molecule has 4 bridgehead atoms. The van der Waals surface area contributed by atoms with Gasteiger partial charge in [0.25, 0.3) is 0 Å². The minimum atomic E-state index is -2.79. The average molecular weight is 820 g/mol. The van der Waals surface area contributed by atoms with Gasteiger partial charge in [-0.25, -0.2) is 4.79 Å². The summed E-state index contributed by atoms with van der Waals surface area (Å²) in [5, 5.41) is 13.5. The molecule has 3 fully saturated rings. The Morgan fingerprint density at radius 2 is 1.31 bits per heavy atom. The number of esters is 8. The summed E-state index contributed by atoms with van der Waals surface area (Å²) in [7, 11) is 0. The topological polar surface area (TPSA) is 253 Å². The van der Waals surface area contributed by atoms with E-state index >= 15 is 0 Å². The SMILES string of the molecule is CC(=O)OC[C@@]12[C@@H](OC(C)=O)[C@@H](OC(C)=O)[C@@H]3OC(=O)[C@@H](C)[C@@H](C)c4ncccc4C(=O)OCC[C@@]4(C)O[C@@]1([C@H](OC(C)=O)[C@H]4[C@H](OC(C)=O)[C@@H]2OC(C)=O)[C@@]3(C)O. The summed E-state index contributed by atoms with van der Waals surface area (Å²) < 4.78 is 54.4. The molecule has 0 unspecified atom stereocenters. The van der Waals surface area contributed by atoms with Gasteiger partial charge >= 0.3 is 47.8 Å². The van der Waals surface area contributed by atoms with E-state index < -0.39 is 138 Å². The zero-order chi connectivity index (χ0) is 43.3. The van der Waals surface area contributed by atoms with Gasteiger partial charge in [-0.2, -0.15) is 0 Å². The Morgan fingerprint density at radius 1 is 0.776 bits per heavy atom. The van der Waals surface area contributed by atoms with Crippen LogP contribution < -0.4 is 0 Å². The van der Waals surface area contributed by atoms with Crippen molar-refractivity contribution >= 4 is 47.8 Å². The summed E-state index contributed by atoms with van der Waals surface area (Å²) in [5.41, 5.74) is -9.69. The van der Waals surface area contributed by atoms with E-state index in [4.69, 9.17) is 42.6 Å². The van der Waals surface area contributed by atoms with Crippen LogP contribution in [0.2, 0.25) is 0 Å². The third-order valence-electron chi connectivity index (χ3n) is 11.8. The van der Waals surface area contributed by atoms with Crippen molar-refractivity contribution in [3.05, 3.63) is 29.6 Å². The summed E-state index contributed by atoms with van der Waals surface area (Å²) in [4.78, 5) is 111. The number of hydrogen-bond acceptors (Lipinski definition) is 19. The molecule has 19 heteroatoms. The van der Waals surface area contributed by atoms with E-state index in [1.807, 2.05) is 0 Å². The van der Waals surface area contributed by atoms with Crippen LogP contribution in [-0.2, 0) is 76.2 Å². The fourth-order valence-corrected chi connectivity index (χ4v) is 9.48. The highest BCUT2D eigenvalue weighted by Crippen LogP contribution is 2.70. The predicted molar refractivity (Wildman–Crippen MR) is 190 cm³/mol. The molecule has 19 nitrogen and oxygen atoms in total. The Labute approximate surface area is 333 Å². The van der Waals surface area contributed by atoms with E-state index in [0.717, 1.165) is 48.5 Å². The summed E-state index contributed by atoms with van der Waals surface area (Å²) >= 11 is 0. The van der Waals surface area contributed by atoms with Gasteiger partial charge in [-0.15, -0.1) is 0 Å². The van der Waals surface area contributed by atoms with Crippen molar-refractivity contribution in [2.75, 3.05) is 13.2 Å². The first-order valence-electron chi connectivity index (χ1n) is 18.7. The van der Waals surface area contributed by atoms with Crippen molar-refractivity contribution in [1.82, 2.24) is 4.98 Å². The van der Waals surface area contributed by atoms with E-state index in [9.17, 15) is 43.5 Å². The van der Waals surface area contributed by atoms with Gasteiger partial charge in [0.2, 0.25) is 0 Å². The van der Waals surface area contributed by atoms with Gasteiger partial charge in [0, 0.05) is 60.1 Å². The number of rotatable bonds is 7. The lowest BCUT2D eigenvalue weighted by Crippen LogP contribution is -2.89. The Kier molecular flexibility index (Phi) is 12.0. The van der Waals surface area contributed by atoms with Crippen LogP contribution >= 0.6 is 0 Å². The van der Waals surface area contributed by atoms with Crippen LogP contribution in [0.3, 0.4) is 0 Å². The second kappa shape index (κ2) is 15.9. The molecule has 0 aromatic carbocycles. The van der Waals surface area contributed by atoms with Crippen LogP contribution in [0.1, 0.15) is 97.6 Å². The molecule has 1 spiro atoms. The molecule has 318 valence electrons. The monoisotopic (exact) mass is 819 g/mol. The first kappa shape index (κ1) is 43.9. The number of nitrogens with zero attached hydrogens (tertiary/aromatic N) is 1. The molecule has 13 atom stereocenters. The second-order valence-corrected chi connectivity index (χ2v) is 15.6. The fraction of sp³-hybridized carbons (Fsp3) is 0.667. The third-order valence-corrected chi connectivity index (χ3v) is 11.8. The number of ether oxygens (including phenoxy) is 9. The van der Waals surface area contributed by atoms with E-state index in [2.05, 4.69) is 4.98 Å². The predicted octanol–water partition coefficient (Wildman–Crippen LogP) is 1.42. The zero-order valence-corrected chi connectivity index (χ0v) is 33.9. The molecule has 4 aliphatic rings. The van der Waals surface area contributed by atoms with Gasteiger partial charge in [-0.1, -0.05) is 13.8 Å². The van der Waals surface area contributed by atoms with E-state index in [-0.39, 0.29) is 17.7 Å². The molecule has 1 N–H and O–H groups in total. The van der Waals surface area contributed by atoms with Crippen LogP contribution in [0.4, 0.5) is 0 Å². The average Bonchev–Trinajstić information content (AvgIpc) is 3.33. The van der Waals surface area contributed by atoms with Gasteiger partial charge in [-0.05, 0) is 26.0 Å². The van der Waals surface area contributed by atoms with E-state index in [1.165, 1.54) is 32.2 Å². The van der Waals surface area contributed by atoms with Crippen molar-refractivity contribution in [2.24, 2.45) is 17.3 Å². The third kappa shape index (κ3) is 7.15. The molecule has 0 radical (unpaired) electrons. The first-order valence-corrected chi connectivity index (χ1v) is 18.7. The molecule has 1 saturated heterocycles.